The van der Waals surface area contributed by atoms with E-state index in [1.807, 2.05) is 30.3 Å². The van der Waals surface area contributed by atoms with Crippen molar-refractivity contribution in [3.8, 4) is 11.5 Å². The van der Waals surface area contributed by atoms with E-state index in [1.165, 1.54) is 0 Å². The van der Waals surface area contributed by atoms with E-state index >= 15 is 0 Å². The first-order valence-corrected chi connectivity index (χ1v) is 9.72. The Balaban J connectivity index is 1.39. The number of nitrogens with one attached hydrogen (secondary N) is 2. The van der Waals surface area contributed by atoms with E-state index in [4.69, 9.17) is 9.41 Å². The molecular weight excluding hydrogens is 354 g/mol. The lowest BCUT2D eigenvalue weighted by Gasteiger charge is -2.33. The molecule has 28 heavy (non-hydrogen) atoms. The molecule has 0 unspecified atom stereocenters. The van der Waals surface area contributed by atoms with Crippen LogP contribution >= 0.6 is 0 Å². The summed E-state index contributed by atoms with van der Waals surface area (Å²) in [5.74, 6) is 2.97. The maximum atomic E-state index is 5.61. The molecule has 146 valence electrons. The van der Waals surface area contributed by atoms with Crippen LogP contribution in [0.15, 0.2) is 52.3 Å². The van der Waals surface area contributed by atoms with E-state index < -0.39 is 0 Å². The number of aromatic nitrogens is 4. The molecule has 0 saturated carbocycles. The fraction of sp³-hybridized carbons (Fsp3) is 0.400. The maximum Gasteiger partial charge on any atom is 0.226 e. The molecule has 0 spiro atoms. The monoisotopic (exact) mass is 379 g/mol. The molecule has 1 aliphatic heterocycles. The Morgan fingerprint density at radius 3 is 2.82 bits per heavy atom. The van der Waals surface area contributed by atoms with E-state index in [1.54, 1.807) is 12.6 Å². The molecule has 3 heterocycles. The van der Waals surface area contributed by atoms with Gasteiger partial charge in [0, 0.05) is 31.1 Å². The number of piperidine rings is 1. The van der Waals surface area contributed by atoms with Crippen molar-refractivity contribution in [3.63, 3.8) is 0 Å². The van der Waals surface area contributed by atoms with E-state index in [-0.39, 0.29) is 0 Å². The molecule has 0 amide bonds. The highest BCUT2D eigenvalue weighted by molar-refractivity contribution is 5.80. The number of rotatable bonds is 5. The Morgan fingerprint density at radius 1 is 1.29 bits per heavy atom. The molecular formula is C20H25N7O. The van der Waals surface area contributed by atoms with Crippen molar-refractivity contribution >= 4 is 5.96 Å². The summed E-state index contributed by atoms with van der Waals surface area (Å²) in [5, 5.41) is 10.4. The molecule has 8 heteroatoms. The lowest BCUT2D eigenvalue weighted by molar-refractivity contribution is 0.298. The highest BCUT2D eigenvalue weighted by Crippen LogP contribution is 2.25. The van der Waals surface area contributed by atoms with Crippen molar-refractivity contribution in [2.45, 2.75) is 32.2 Å². The summed E-state index contributed by atoms with van der Waals surface area (Å²) >= 11 is 0. The number of benzene rings is 1. The zero-order valence-electron chi connectivity index (χ0n) is 16.0. The van der Waals surface area contributed by atoms with Crippen LogP contribution in [0.4, 0.5) is 0 Å². The Morgan fingerprint density at radius 2 is 2.11 bits per heavy atom. The van der Waals surface area contributed by atoms with Gasteiger partial charge in [-0.05, 0) is 31.9 Å². The molecule has 1 aliphatic rings. The molecule has 1 fully saturated rings. The van der Waals surface area contributed by atoms with Crippen LogP contribution in [0.25, 0.3) is 11.5 Å². The summed E-state index contributed by atoms with van der Waals surface area (Å²) in [4.78, 5) is 15.9. The van der Waals surface area contributed by atoms with E-state index in [9.17, 15) is 0 Å². The SMILES string of the molecule is CCNC(=NCc1coc(-c2ccccc2)n1)N1CCC(c2ncn[nH]2)CC1. The van der Waals surface area contributed by atoms with E-state index in [0.717, 1.165) is 55.5 Å². The Bertz CT molecular complexity index is 880. The van der Waals surface area contributed by atoms with Gasteiger partial charge in [-0.1, -0.05) is 18.2 Å². The van der Waals surface area contributed by atoms with Crippen LogP contribution < -0.4 is 5.32 Å². The van der Waals surface area contributed by atoms with Gasteiger partial charge in [-0.25, -0.2) is 15.0 Å². The summed E-state index contributed by atoms with van der Waals surface area (Å²) in [6, 6.07) is 9.90. The minimum absolute atomic E-state index is 0.436. The minimum atomic E-state index is 0.436. The van der Waals surface area contributed by atoms with Gasteiger partial charge in [-0.15, -0.1) is 0 Å². The number of oxazole rings is 1. The number of hydrogen-bond donors (Lipinski definition) is 2. The first-order chi connectivity index (χ1) is 13.8. The average molecular weight is 379 g/mol. The van der Waals surface area contributed by atoms with E-state index in [0.29, 0.717) is 18.4 Å². The molecule has 0 bridgehead atoms. The molecule has 2 aromatic heterocycles. The standard InChI is InChI=1S/C20H25N7O/c1-2-21-20(27-10-8-15(9-11-27)18-23-14-24-26-18)22-12-17-13-28-19(25-17)16-6-4-3-5-7-16/h3-7,13-15H,2,8-12H2,1H3,(H,21,22)(H,23,24,26). The topological polar surface area (TPSA) is 95.2 Å². The second-order valence-electron chi connectivity index (χ2n) is 6.81. The first kappa shape index (κ1) is 18.2. The largest absolute Gasteiger partial charge is 0.444 e. The van der Waals surface area contributed by atoms with Gasteiger partial charge in [-0.2, -0.15) is 5.10 Å². The second-order valence-corrected chi connectivity index (χ2v) is 6.81. The molecule has 0 radical (unpaired) electrons. The summed E-state index contributed by atoms with van der Waals surface area (Å²) in [6.45, 7) is 5.27. The maximum absolute atomic E-state index is 5.61. The molecule has 0 aliphatic carbocycles. The predicted molar refractivity (Wildman–Crippen MR) is 107 cm³/mol. The van der Waals surface area contributed by atoms with Crippen LogP contribution in [-0.2, 0) is 6.54 Å². The van der Waals surface area contributed by atoms with Crippen molar-refractivity contribution < 1.29 is 4.42 Å². The van der Waals surface area contributed by atoms with Crippen LogP contribution in [0.2, 0.25) is 0 Å². The summed E-state index contributed by atoms with van der Waals surface area (Å²) < 4.78 is 5.61. The normalized spacial score (nSPS) is 15.8. The summed E-state index contributed by atoms with van der Waals surface area (Å²) in [5.41, 5.74) is 1.80. The fourth-order valence-electron chi connectivity index (χ4n) is 3.45. The lowest BCUT2D eigenvalue weighted by atomic mass is 9.96. The number of aliphatic imine (C=N–C) groups is 1. The van der Waals surface area contributed by atoms with Crippen molar-refractivity contribution in [1.29, 1.82) is 0 Å². The van der Waals surface area contributed by atoms with Gasteiger partial charge in [0.25, 0.3) is 0 Å². The Labute approximate surface area is 164 Å². The molecule has 4 rings (SSSR count). The minimum Gasteiger partial charge on any atom is -0.444 e. The molecule has 0 atom stereocenters. The number of nitrogens with zero attached hydrogens (tertiary/aromatic N) is 5. The van der Waals surface area contributed by atoms with Crippen molar-refractivity contribution in [2.75, 3.05) is 19.6 Å². The third-order valence-electron chi connectivity index (χ3n) is 4.91. The Hall–Kier alpha value is -3.16. The number of aromatic amines is 1. The highest BCUT2D eigenvalue weighted by Gasteiger charge is 2.24. The van der Waals surface area contributed by atoms with Crippen LogP contribution in [0.1, 0.15) is 37.2 Å². The fourth-order valence-corrected chi connectivity index (χ4v) is 3.45. The molecule has 8 nitrogen and oxygen atoms in total. The number of guanidine groups is 1. The Kier molecular flexibility index (Phi) is 5.65. The predicted octanol–water partition coefficient (Wildman–Crippen LogP) is 2.80. The smallest absolute Gasteiger partial charge is 0.226 e. The van der Waals surface area contributed by atoms with Gasteiger partial charge in [0.15, 0.2) is 5.96 Å². The van der Waals surface area contributed by atoms with Crippen molar-refractivity contribution in [1.82, 2.24) is 30.4 Å². The van der Waals surface area contributed by atoms with Crippen molar-refractivity contribution in [3.05, 3.63) is 54.4 Å². The van der Waals surface area contributed by atoms with Gasteiger partial charge < -0.3 is 14.6 Å². The zero-order valence-corrected chi connectivity index (χ0v) is 16.0. The third-order valence-corrected chi connectivity index (χ3v) is 4.91. The number of likely N-dealkylation sites (tertiary alicyclic amines) is 1. The van der Waals surface area contributed by atoms with Crippen LogP contribution in [0.3, 0.4) is 0 Å². The molecule has 3 aromatic rings. The van der Waals surface area contributed by atoms with Gasteiger partial charge in [0.05, 0.1) is 6.54 Å². The van der Waals surface area contributed by atoms with Crippen LogP contribution in [-0.4, -0.2) is 50.7 Å². The summed E-state index contributed by atoms with van der Waals surface area (Å²) in [6.07, 6.45) is 5.32. The molecule has 1 aromatic carbocycles. The van der Waals surface area contributed by atoms with E-state index in [2.05, 4.69) is 37.3 Å². The lowest BCUT2D eigenvalue weighted by Crippen LogP contribution is -2.45. The second kappa shape index (κ2) is 8.69. The zero-order chi connectivity index (χ0) is 19.2. The van der Waals surface area contributed by atoms with Gasteiger partial charge in [-0.3, -0.25) is 5.10 Å². The third kappa shape index (κ3) is 4.21. The molecule has 1 saturated heterocycles. The van der Waals surface area contributed by atoms with Crippen molar-refractivity contribution in [2.24, 2.45) is 4.99 Å². The first-order valence-electron chi connectivity index (χ1n) is 9.72. The molecule has 2 N–H and O–H groups in total. The van der Waals surface area contributed by atoms with Crippen LogP contribution in [0, 0.1) is 0 Å². The van der Waals surface area contributed by atoms with Crippen LogP contribution in [0.5, 0.6) is 0 Å². The highest BCUT2D eigenvalue weighted by atomic mass is 16.3. The average Bonchev–Trinajstić information content (AvgIpc) is 3.44. The van der Waals surface area contributed by atoms with Gasteiger partial charge >= 0.3 is 0 Å². The number of hydrogen-bond acceptors (Lipinski definition) is 5. The number of H-pyrrole nitrogens is 1. The summed E-state index contributed by atoms with van der Waals surface area (Å²) in [7, 11) is 0. The van der Waals surface area contributed by atoms with Gasteiger partial charge in [0.1, 0.15) is 24.1 Å². The van der Waals surface area contributed by atoms with Gasteiger partial charge in [0.2, 0.25) is 5.89 Å². The quantitative estimate of drug-likeness (QED) is 0.523.